The number of aliphatic hydroxyl groups is 1. The predicted octanol–water partition coefficient (Wildman–Crippen LogP) is 1.79. The smallest absolute Gasteiger partial charge is 0.0687 e. The van der Waals surface area contributed by atoms with Crippen molar-refractivity contribution in [2.24, 2.45) is 0 Å². The lowest BCUT2D eigenvalue weighted by atomic mass is 10.0. The lowest BCUT2D eigenvalue weighted by Gasteiger charge is -2.07. The minimum Gasteiger partial charge on any atom is -0.399 e. The summed E-state index contributed by atoms with van der Waals surface area (Å²) in [6.07, 6.45) is 0. The Labute approximate surface area is 72.3 Å². The van der Waals surface area contributed by atoms with Crippen LogP contribution in [0.2, 0.25) is 0 Å². The molecule has 0 amide bonds. The van der Waals surface area contributed by atoms with Gasteiger partial charge in [-0.3, -0.25) is 0 Å². The van der Waals surface area contributed by atoms with Gasteiger partial charge in [0.1, 0.15) is 0 Å². The molecule has 0 unspecified atom stereocenters. The Balaban J connectivity index is 3.21. The summed E-state index contributed by atoms with van der Waals surface area (Å²) in [5.41, 5.74) is 9.03. The van der Waals surface area contributed by atoms with Gasteiger partial charge in [-0.25, -0.2) is 0 Å². The number of anilines is 1. The highest BCUT2D eigenvalue weighted by Crippen LogP contribution is 2.20. The van der Waals surface area contributed by atoms with Gasteiger partial charge >= 0.3 is 0 Å². The van der Waals surface area contributed by atoms with Gasteiger partial charge in [-0.05, 0) is 30.2 Å². The monoisotopic (exact) mass is 163 g/mol. The van der Waals surface area contributed by atoms with Crippen LogP contribution in [0, 0.1) is 0 Å². The Morgan fingerprint density at radius 3 is 2.75 bits per heavy atom. The number of hydrogen-bond donors (Lipinski definition) is 2. The van der Waals surface area contributed by atoms with E-state index in [0.717, 1.165) is 16.7 Å². The van der Waals surface area contributed by atoms with Crippen molar-refractivity contribution in [2.75, 3.05) is 5.73 Å². The second-order valence-electron chi connectivity index (χ2n) is 2.86. The molecule has 0 aromatic heterocycles. The zero-order valence-electron chi connectivity index (χ0n) is 7.17. The van der Waals surface area contributed by atoms with Gasteiger partial charge in [0.2, 0.25) is 0 Å². The molecule has 12 heavy (non-hydrogen) atoms. The van der Waals surface area contributed by atoms with E-state index < -0.39 is 0 Å². The fourth-order valence-corrected chi connectivity index (χ4v) is 1.13. The summed E-state index contributed by atoms with van der Waals surface area (Å²) in [4.78, 5) is 0. The van der Waals surface area contributed by atoms with E-state index in [-0.39, 0.29) is 6.61 Å². The lowest BCUT2D eigenvalue weighted by Crippen LogP contribution is -1.93. The second kappa shape index (κ2) is 3.41. The fourth-order valence-electron chi connectivity index (χ4n) is 1.13. The number of benzene rings is 1. The van der Waals surface area contributed by atoms with Gasteiger partial charge in [0.15, 0.2) is 0 Å². The van der Waals surface area contributed by atoms with E-state index in [0.29, 0.717) is 5.69 Å². The molecular weight excluding hydrogens is 150 g/mol. The Bertz CT molecular complexity index is 305. The number of nitrogens with two attached hydrogens (primary N) is 1. The van der Waals surface area contributed by atoms with Crippen molar-refractivity contribution in [3.05, 3.63) is 35.9 Å². The SMILES string of the molecule is C=C(C)c1cc(N)ccc1CO. The van der Waals surface area contributed by atoms with Crippen LogP contribution < -0.4 is 5.73 Å². The summed E-state index contributed by atoms with van der Waals surface area (Å²) in [6.45, 7) is 5.74. The second-order valence-corrected chi connectivity index (χ2v) is 2.86. The zero-order valence-corrected chi connectivity index (χ0v) is 7.17. The van der Waals surface area contributed by atoms with Gasteiger partial charge < -0.3 is 10.8 Å². The molecule has 2 heteroatoms. The number of nitrogen functional groups attached to an aromatic ring is 1. The molecule has 2 nitrogen and oxygen atoms in total. The van der Waals surface area contributed by atoms with Crippen molar-refractivity contribution in [3.63, 3.8) is 0 Å². The molecular formula is C10H13NO. The molecule has 0 heterocycles. The van der Waals surface area contributed by atoms with Crippen molar-refractivity contribution < 1.29 is 5.11 Å². The van der Waals surface area contributed by atoms with E-state index in [1.54, 1.807) is 6.07 Å². The minimum absolute atomic E-state index is 0.0302. The summed E-state index contributed by atoms with van der Waals surface area (Å²) >= 11 is 0. The van der Waals surface area contributed by atoms with Crippen LogP contribution >= 0.6 is 0 Å². The molecule has 0 bridgehead atoms. The van der Waals surface area contributed by atoms with E-state index in [9.17, 15) is 0 Å². The molecule has 0 atom stereocenters. The van der Waals surface area contributed by atoms with Crippen LogP contribution in [0.3, 0.4) is 0 Å². The largest absolute Gasteiger partial charge is 0.399 e. The molecule has 3 N–H and O–H groups in total. The maximum atomic E-state index is 8.98. The van der Waals surface area contributed by atoms with E-state index >= 15 is 0 Å². The molecule has 0 saturated carbocycles. The first-order valence-corrected chi connectivity index (χ1v) is 3.80. The molecule has 0 aliphatic carbocycles. The summed E-state index contributed by atoms with van der Waals surface area (Å²) in [6, 6.07) is 5.42. The number of hydrogen-bond acceptors (Lipinski definition) is 2. The van der Waals surface area contributed by atoms with E-state index in [4.69, 9.17) is 10.8 Å². The first-order valence-electron chi connectivity index (χ1n) is 3.80. The molecule has 0 spiro atoms. The standard InChI is InChI=1S/C10H13NO/c1-7(2)10-5-9(11)4-3-8(10)6-12/h3-5,12H,1,6,11H2,2H3. The summed E-state index contributed by atoms with van der Waals surface area (Å²) in [5, 5.41) is 8.98. The van der Waals surface area contributed by atoms with Gasteiger partial charge in [0.25, 0.3) is 0 Å². The molecule has 64 valence electrons. The molecule has 1 rings (SSSR count). The Kier molecular flexibility index (Phi) is 2.51. The Hall–Kier alpha value is -1.28. The Morgan fingerprint density at radius 1 is 1.58 bits per heavy atom. The lowest BCUT2D eigenvalue weighted by molar-refractivity contribution is 0.281. The number of aliphatic hydroxyl groups excluding tert-OH is 1. The molecule has 1 aromatic carbocycles. The average molecular weight is 163 g/mol. The van der Waals surface area contributed by atoms with Crippen molar-refractivity contribution in [1.82, 2.24) is 0 Å². The van der Waals surface area contributed by atoms with Crippen LogP contribution in [0.4, 0.5) is 5.69 Å². The van der Waals surface area contributed by atoms with Crippen LogP contribution in [0.1, 0.15) is 18.1 Å². The highest BCUT2D eigenvalue weighted by atomic mass is 16.3. The van der Waals surface area contributed by atoms with E-state index in [1.165, 1.54) is 0 Å². The first-order chi connectivity index (χ1) is 5.65. The zero-order chi connectivity index (χ0) is 9.14. The molecule has 0 radical (unpaired) electrons. The summed E-state index contributed by atoms with van der Waals surface area (Å²) < 4.78 is 0. The van der Waals surface area contributed by atoms with Gasteiger partial charge in [0, 0.05) is 5.69 Å². The van der Waals surface area contributed by atoms with Gasteiger partial charge in [-0.15, -0.1) is 0 Å². The van der Waals surface area contributed by atoms with Crippen LogP contribution in [-0.4, -0.2) is 5.11 Å². The fraction of sp³-hybridized carbons (Fsp3) is 0.200. The summed E-state index contributed by atoms with van der Waals surface area (Å²) in [5.74, 6) is 0. The molecule has 0 aliphatic heterocycles. The van der Waals surface area contributed by atoms with E-state index in [2.05, 4.69) is 6.58 Å². The molecule has 0 aliphatic rings. The van der Waals surface area contributed by atoms with Crippen LogP contribution in [0.25, 0.3) is 5.57 Å². The molecule has 1 aromatic rings. The quantitative estimate of drug-likeness (QED) is 0.653. The average Bonchev–Trinajstić information content (AvgIpc) is 2.04. The highest BCUT2D eigenvalue weighted by molar-refractivity contribution is 5.67. The van der Waals surface area contributed by atoms with E-state index in [1.807, 2.05) is 19.1 Å². The van der Waals surface area contributed by atoms with Crippen LogP contribution in [0.15, 0.2) is 24.8 Å². The topological polar surface area (TPSA) is 46.2 Å². The van der Waals surface area contributed by atoms with Crippen LogP contribution in [0.5, 0.6) is 0 Å². The highest BCUT2D eigenvalue weighted by Gasteiger charge is 2.01. The Morgan fingerprint density at radius 2 is 2.25 bits per heavy atom. The van der Waals surface area contributed by atoms with Crippen molar-refractivity contribution in [1.29, 1.82) is 0 Å². The van der Waals surface area contributed by atoms with Gasteiger partial charge in [-0.1, -0.05) is 18.2 Å². The third-order valence-corrected chi connectivity index (χ3v) is 1.76. The maximum Gasteiger partial charge on any atom is 0.0687 e. The maximum absolute atomic E-state index is 8.98. The number of rotatable bonds is 2. The first kappa shape index (κ1) is 8.81. The van der Waals surface area contributed by atoms with Crippen LogP contribution in [-0.2, 0) is 6.61 Å². The minimum atomic E-state index is 0.0302. The molecule has 0 saturated heterocycles. The third kappa shape index (κ3) is 1.66. The van der Waals surface area contributed by atoms with Crippen molar-refractivity contribution >= 4 is 11.3 Å². The van der Waals surface area contributed by atoms with Gasteiger partial charge in [0.05, 0.1) is 6.61 Å². The predicted molar refractivity (Wildman–Crippen MR) is 51.5 cm³/mol. The van der Waals surface area contributed by atoms with Gasteiger partial charge in [-0.2, -0.15) is 0 Å². The molecule has 0 fully saturated rings. The number of allylic oxidation sites excluding steroid dienone is 1. The van der Waals surface area contributed by atoms with Crippen molar-refractivity contribution in [2.45, 2.75) is 13.5 Å². The van der Waals surface area contributed by atoms with Crippen molar-refractivity contribution in [3.8, 4) is 0 Å². The normalized spacial score (nSPS) is 9.83. The third-order valence-electron chi connectivity index (χ3n) is 1.76. The summed E-state index contributed by atoms with van der Waals surface area (Å²) in [7, 11) is 0.